The van der Waals surface area contributed by atoms with E-state index in [1.165, 1.54) is 0 Å². The van der Waals surface area contributed by atoms with Crippen LogP contribution in [0.4, 0.5) is 5.88 Å². The first kappa shape index (κ1) is 11.8. The average molecular weight is 256 g/mol. The number of nitrogens with zero attached hydrogens (tertiary/aromatic N) is 2. The molecule has 98 valence electrons. The van der Waals surface area contributed by atoms with Crippen LogP contribution in [0.3, 0.4) is 0 Å². The lowest BCUT2D eigenvalue weighted by Crippen LogP contribution is -2.27. The maximum absolute atomic E-state index is 9.39. The zero-order valence-corrected chi connectivity index (χ0v) is 10.8. The molecule has 5 heteroatoms. The Kier molecular flexibility index (Phi) is 2.79. The predicted molar refractivity (Wildman–Crippen MR) is 70.9 cm³/mol. The second-order valence-electron chi connectivity index (χ2n) is 5.03. The van der Waals surface area contributed by atoms with Crippen LogP contribution >= 0.6 is 0 Å². The van der Waals surface area contributed by atoms with Gasteiger partial charge >= 0.3 is 0 Å². The van der Waals surface area contributed by atoms with Crippen LogP contribution < -0.4 is 11.1 Å². The van der Waals surface area contributed by atoms with E-state index in [4.69, 9.17) is 10.2 Å². The first-order chi connectivity index (χ1) is 9.20. The van der Waals surface area contributed by atoms with Crippen molar-refractivity contribution in [2.24, 2.45) is 11.7 Å². The molecular weight excluding hydrogens is 240 g/mol. The Morgan fingerprint density at radius 2 is 2.37 bits per heavy atom. The lowest BCUT2D eigenvalue weighted by molar-refractivity contribution is 0.418. The summed E-state index contributed by atoms with van der Waals surface area (Å²) in [6.45, 7) is 1.81. The van der Waals surface area contributed by atoms with Gasteiger partial charge in [-0.05, 0) is 25.2 Å². The van der Waals surface area contributed by atoms with E-state index in [9.17, 15) is 5.26 Å². The fourth-order valence-corrected chi connectivity index (χ4v) is 2.95. The molecule has 0 bridgehead atoms. The number of oxazole rings is 1. The zero-order valence-electron chi connectivity index (χ0n) is 10.8. The molecular formula is C14H16N4O. The van der Waals surface area contributed by atoms with Gasteiger partial charge in [-0.1, -0.05) is 12.2 Å². The molecule has 3 N–H and O–H groups in total. The third kappa shape index (κ3) is 1.89. The summed E-state index contributed by atoms with van der Waals surface area (Å²) in [6.07, 6.45) is 7.40. The van der Waals surface area contributed by atoms with Crippen LogP contribution in [0.5, 0.6) is 0 Å². The molecule has 3 rings (SSSR count). The molecule has 0 saturated carbocycles. The topological polar surface area (TPSA) is 87.9 Å². The van der Waals surface area contributed by atoms with Crippen LogP contribution in [0.15, 0.2) is 28.0 Å². The standard InChI is InChI=1S/C14H16N4O/c1-8-17-12-11(9-5-3-2-4-6-9)10(7-15)13(16)18-14(12)19-8/h2-3,9,11,18H,4-6,16H2,1H3/t9-,11+/m0/s1. The highest BCUT2D eigenvalue weighted by molar-refractivity contribution is 5.57. The predicted octanol–water partition coefficient (Wildman–Crippen LogP) is 2.54. The highest BCUT2D eigenvalue weighted by Crippen LogP contribution is 2.44. The van der Waals surface area contributed by atoms with E-state index < -0.39 is 0 Å². The molecule has 1 aromatic rings. The zero-order chi connectivity index (χ0) is 13.4. The lowest BCUT2D eigenvalue weighted by Gasteiger charge is -2.30. The molecule has 0 unspecified atom stereocenters. The molecule has 19 heavy (non-hydrogen) atoms. The minimum Gasteiger partial charge on any atom is -0.425 e. The van der Waals surface area contributed by atoms with Crippen LogP contribution in [-0.2, 0) is 0 Å². The number of hydrogen-bond donors (Lipinski definition) is 2. The summed E-state index contributed by atoms with van der Waals surface area (Å²) in [7, 11) is 0. The molecule has 1 aliphatic heterocycles. The maximum atomic E-state index is 9.39. The summed E-state index contributed by atoms with van der Waals surface area (Å²) < 4.78 is 5.53. The highest BCUT2D eigenvalue weighted by Gasteiger charge is 2.37. The van der Waals surface area contributed by atoms with Crippen LogP contribution in [0.2, 0.25) is 0 Å². The van der Waals surface area contributed by atoms with E-state index in [-0.39, 0.29) is 5.92 Å². The highest BCUT2D eigenvalue weighted by atomic mass is 16.4. The number of fused-ring (bicyclic) bond motifs is 1. The monoisotopic (exact) mass is 256 g/mol. The molecule has 0 aromatic carbocycles. The smallest absolute Gasteiger partial charge is 0.223 e. The Balaban J connectivity index is 2.07. The quantitative estimate of drug-likeness (QED) is 0.754. The molecule has 2 atom stereocenters. The normalized spacial score (nSPS) is 25.7. The van der Waals surface area contributed by atoms with Gasteiger partial charge in [-0.25, -0.2) is 4.98 Å². The number of nitriles is 1. The van der Waals surface area contributed by atoms with Crippen molar-refractivity contribution in [2.75, 3.05) is 5.32 Å². The third-order valence-corrected chi connectivity index (χ3v) is 3.81. The largest absolute Gasteiger partial charge is 0.425 e. The number of anilines is 1. The van der Waals surface area contributed by atoms with Gasteiger partial charge in [0.2, 0.25) is 5.88 Å². The summed E-state index contributed by atoms with van der Waals surface area (Å²) in [5.41, 5.74) is 7.36. The van der Waals surface area contributed by atoms with Gasteiger partial charge < -0.3 is 15.5 Å². The van der Waals surface area contributed by atoms with E-state index in [1.807, 2.05) is 0 Å². The van der Waals surface area contributed by atoms with Crippen molar-refractivity contribution in [3.05, 3.63) is 35.1 Å². The number of nitrogens with two attached hydrogens (primary N) is 1. The molecule has 0 radical (unpaired) electrons. The first-order valence-electron chi connectivity index (χ1n) is 6.49. The molecule has 0 fully saturated rings. The number of allylic oxidation sites excluding steroid dienone is 3. The van der Waals surface area contributed by atoms with Crippen LogP contribution in [0, 0.1) is 24.2 Å². The summed E-state index contributed by atoms with van der Waals surface area (Å²) >= 11 is 0. The molecule has 0 saturated heterocycles. The summed E-state index contributed by atoms with van der Waals surface area (Å²) in [6, 6.07) is 2.24. The number of nitrogens with one attached hydrogen (secondary N) is 1. The summed E-state index contributed by atoms with van der Waals surface area (Å²) in [5, 5.41) is 12.3. The van der Waals surface area contributed by atoms with Crippen LogP contribution in [-0.4, -0.2) is 4.98 Å². The van der Waals surface area contributed by atoms with Gasteiger partial charge in [-0.15, -0.1) is 0 Å². The van der Waals surface area contributed by atoms with Crippen molar-refractivity contribution in [1.29, 1.82) is 5.26 Å². The second kappa shape index (κ2) is 4.47. The average Bonchev–Trinajstić information content (AvgIpc) is 2.77. The van der Waals surface area contributed by atoms with Crippen molar-refractivity contribution < 1.29 is 4.42 Å². The minimum atomic E-state index is -0.0522. The number of hydrogen-bond acceptors (Lipinski definition) is 5. The van der Waals surface area contributed by atoms with Crippen LogP contribution in [0.1, 0.15) is 36.8 Å². The SMILES string of the molecule is Cc1nc2c(o1)NC(N)=C(C#N)[C@H]2[C@H]1CC=CCC1. The van der Waals surface area contributed by atoms with E-state index in [0.29, 0.717) is 29.1 Å². The molecule has 0 spiro atoms. The number of aromatic nitrogens is 1. The number of rotatable bonds is 1. The Bertz CT molecular complexity index is 605. The van der Waals surface area contributed by atoms with E-state index in [1.54, 1.807) is 6.92 Å². The Morgan fingerprint density at radius 3 is 3.05 bits per heavy atom. The van der Waals surface area contributed by atoms with Gasteiger partial charge in [-0.2, -0.15) is 5.26 Å². The van der Waals surface area contributed by atoms with E-state index in [0.717, 1.165) is 25.0 Å². The fraction of sp³-hybridized carbons (Fsp3) is 0.429. The molecule has 5 nitrogen and oxygen atoms in total. The Hall–Kier alpha value is -2.22. The van der Waals surface area contributed by atoms with Gasteiger partial charge in [0.25, 0.3) is 0 Å². The Labute approximate surface area is 111 Å². The summed E-state index contributed by atoms with van der Waals surface area (Å²) in [4.78, 5) is 4.45. The van der Waals surface area contributed by atoms with Crippen molar-refractivity contribution >= 4 is 5.88 Å². The van der Waals surface area contributed by atoms with Gasteiger partial charge in [0, 0.05) is 12.8 Å². The van der Waals surface area contributed by atoms with E-state index >= 15 is 0 Å². The van der Waals surface area contributed by atoms with Gasteiger partial charge in [0.1, 0.15) is 11.5 Å². The molecule has 2 heterocycles. The van der Waals surface area contributed by atoms with Crippen molar-refractivity contribution in [3.8, 4) is 6.07 Å². The van der Waals surface area contributed by atoms with E-state index in [2.05, 4.69) is 28.5 Å². The third-order valence-electron chi connectivity index (χ3n) is 3.81. The van der Waals surface area contributed by atoms with Gasteiger partial charge in [0.15, 0.2) is 5.89 Å². The van der Waals surface area contributed by atoms with Crippen LogP contribution in [0.25, 0.3) is 0 Å². The molecule has 0 amide bonds. The second-order valence-corrected chi connectivity index (χ2v) is 5.03. The van der Waals surface area contributed by atoms with Gasteiger partial charge in [0.05, 0.1) is 11.6 Å². The first-order valence-corrected chi connectivity index (χ1v) is 6.49. The fourth-order valence-electron chi connectivity index (χ4n) is 2.95. The van der Waals surface area contributed by atoms with Crippen molar-refractivity contribution in [1.82, 2.24) is 4.98 Å². The maximum Gasteiger partial charge on any atom is 0.223 e. The van der Waals surface area contributed by atoms with Crippen molar-refractivity contribution in [3.63, 3.8) is 0 Å². The van der Waals surface area contributed by atoms with Gasteiger partial charge in [-0.3, -0.25) is 0 Å². The Morgan fingerprint density at radius 1 is 1.53 bits per heavy atom. The molecule has 2 aliphatic rings. The van der Waals surface area contributed by atoms with Crippen molar-refractivity contribution in [2.45, 2.75) is 32.1 Å². The summed E-state index contributed by atoms with van der Waals surface area (Å²) in [5.74, 6) is 1.90. The minimum absolute atomic E-state index is 0.0522. The molecule has 1 aliphatic carbocycles. The number of aryl methyl sites for hydroxylation is 1. The lowest BCUT2D eigenvalue weighted by atomic mass is 9.76. The molecule has 1 aromatic heterocycles.